The minimum absolute atomic E-state index is 0.114. The number of hydrogen-bond acceptors (Lipinski definition) is 5. The summed E-state index contributed by atoms with van der Waals surface area (Å²) in [5, 5.41) is 4.56. The van der Waals surface area contributed by atoms with Gasteiger partial charge >= 0.3 is 0 Å². The van der Waals surface area contributed by atoms with Gasteiger partial charge in [0.05, 0.1) is 17.7 Å². The van der Waals surface area contributed by atoms with Crippen LogP contribution in [0.2, 0.25) is 0 Å². The summed E-state index contributed by atoms with van der Waals surface area (Å²) in [5.41, 5.74) is 1.52. The fourth-order valence-corrected chi connectivity index (χ4v) is 6.74. The van der Waals surface area contributed by atoms with Crippen molar-refractivity contribution in [3.63, 3.8) is 0 Å². The molecule has 1 heterocycles. The Kier molecular flexibility index (Phi) is 8.80. The second kappa shape index (κ2) is 12.1. The van der Waals surface area contributed by atoms with Crippen LogP contribution in [0.3, 0.4) is 0 Å². The Bertz CT molecular complexity index is 1430. The van der Waals surface area contributed by atoms with Gasteiger partial charge in [-0.1, -0.05) is 57.2 Å². The molecule has 3 aromatic rings. The summed E-state index contributed by atoms with van der Waals surface area (Å²) in [7, 11) is -2.10. The third-order valence-corrected chi connectivity index (χ3v) is 8.87. The molecule has 0 unspecified atom stereocenters. The molecule has 0 saturated carbocycles. The van der Waals surface area contributed by atoms with Gasteiger partial charge in [-0.15, -0.1) is 0 Å². The van der Waals surface area contributed by atoms with Crippen molar-refractivity contribution in [2.75, 3.05) is 24.5 Å². The summed E-state index contributed by atoms with van der Waals surface area (Å²) in [6.45, 7) is 6.90. The lowest BCUT2D eigenvalue weighted by molar-refractivity contribution is -0.141. The molecule has 2 amide bonds. The van der Waals surface area contributed by atoms with Crippen LogP contribution in [-0.4, -0.2) is 51.4 Å². The molecule has 1 atom stereocenters. The van der Waals surface area contributed by atoms with Crippen molar-refractivity contribution in [3.8, 4) is 5.75 Å². The molecule has 0 bridgehead atoms. The van der Waals surface area contributed by atoms with Crippen LogP contribution in [0.5, 0.6) is 5.75 Å². The maximum absolute atomic E-state index is 13.6. The smallest absolute Gasteiger partial charge is 0.265 e. The van der Waals surface area contributed by atoms with Crippen molar-refractivity contribution in [1.29, 1.82) is 0 Å². The number of carbonyl (C=O) groups is 2. The van der Waals surface area contributed by atoms with Gasteiger partial charge in [-0.2, -0.15) is 0 Å². The number of nitrogens with one attached hydrogen (secondary N) is 1. The lowest BCUT2D eigenvalue weighted by Gasteiger charge is -2.31. The van der Waals surface area contributed by atoms with E-state index in [0.29, 0.717) is 35.7 Å². The molecule has 0 saturated heterocycles. The largest absolute Gasteiger partial charge is 0.497 e. The molecule has 1 aliphatic heterocycles. The number of carbonyl (C=O) groups excluding carboxylic acids is 2. The summed E-state index contributed by atoms with van der Waals surface area (Å²) in [4.78, 5) is 28.6. The molecule has 0 radical (unpaired) electrons. The molecular weight excluding hydrogens is 514 g/mol. The van der Waals surface area contributed by atoms with Crippen LogP contribution < -0.4 is 14.4 Å². The van der Waals surface area contributed by atoms with E-state index in [0.717, 1.165) is 16.3 Å². The zero-order valence-corrected chi connectivity index (χ0v) is 23.8. The van der Waals surface area contributed by atoms with Gasteiger partial charge in [0.15, 0.2) is 0 Å². The van der Waals surface area contributed by atoms with E-state index >= 15 is 0 Å². The van der Waals surface area contributed by atoms with Crippen LogP contribution >= 0.6 is 0 Å². The Hall–Kier alpha value is -3.59. The van der Waals surface area contributed by atoms with Crippen LogP contribution in [0.25, 0.3) is 10.8 Å². The average Bonchev–Trinajstić information content (AvgIpc) is 3.15. The highest BCUT2D eigenvalue weighted by Crippen LogP contribution is 2.42. The molecule has 0 spiro atoms. The highest BCUT2D eigenvalue weighted by molar-refractivity contribution is 7.93. The molecule has 39 heavy (non-hydrogen) atoms. The molecular formula is C30H37N3O5S. The van der Waals surface area contributed by atoms with Crippen molar-refractivity contribution < 1.29 is 22.7 Å². The normalized spacial score (nSPS) is 14.4. The van der Waals surface area contributed by atoms with Crippen molar-refractivity contribution in [2.45, 2.75) is 57.5 Å². The van der Waals surface area contributed by atoms with Gasteiger partial charge in [0, 0.05) is 31.4 Å². The number of anilines is 1. The molecule has 0 fully saturated rings. The Balaban J connectivity index is 1.51. The van der Waals surface area contributed by atoms with Crippen LogP contribution in [0.4, 0.5) is 5.69 Å². The minimum atomic E-state index is -3.69. The van der Waals surface area contributed by atoms with E-state index < -0.39 is 16.1 Å². The summed E-state index contributed by atoms with van der Waals surface area (Å²) in [6.07, 6.45) is 0.900. The lowest BCUT2D eigenvalue weighted by atomic mass is 10.1. The van der Waals surface area contributed by atoms with Crippen LogP contribution in [-0.2, 0) is 26.2 Å². The molecule has 0 aliphatic carbocycles. The fourth-order valence-electron chi connectivity index (χ4n) is 4.99. The van der Waals surface area contributed by atoms with Gasteiger partial charge in [-0.25, -0.2) is 8.42 Å². The lowest BCUT2D eigenvalue weighted by Crippen LogP contribution is -2.49. The first-order chi connectivity index (χ1) is 18.7. The average molecular weight is 552 g/mol. The third kappa shape index (κ3) is 6.03. The fraction of sp³-hybridized carbons (Fsp3) is 0.400. The minimum Gasteiger partial charge on any atom is -0.497 e. The first-order valence-corrected chi connectivity index (χ1v) is 14.9. The zero-order chi connectivity index (χ0) is 28.2. The highest BCUT2D eigenvalue weighted by Gasteiger charge is 2.35. The summed E-state index contributed by atoms with van der Waals surface area (Å²) < 4.78 is 33.3. The van der Waals surface area contributed by atoms with Crippen molar-refractivity contribution in [2.24, 2.45) is 5.92 Å². The van der Waals surface area contributed by atoms with Crippen LogP contribution in [0, 0.1) is 5.92 Å². The van der Waals surface area contributed by atoms with E-state index in [1.54, 1.807) is 30.2 Å². The number of benzene rings is 3. The summed E-state index contributed by atoms with van der Waals surface area (Å²) in [5.74, 6) is 0.622. The molecule has 3 aromatic carbocycles. The monoisotopic (exact) mass is 551 g/mol. The quantitative estimate of drug-likeness (QED) is 0.352. The molecule has 9 heteroatoms. The maximum atomic E-state index is 13.6. The number of methoxy groups -OCH3 is 1. The van der Waals surface area contributed by atoms with Gasteiger partial charge < -0.3 is 15.0 Å². The van der Waals surface area contributed by atoms with Crippen molar-refractivity contribution in [3.05, 3.63) is 66.2 Å². The third-order valence-electron chi connectivity index (χ3n) is 7.02. The summed E-state index contributed by atoms with van der Waals surface area (Å²) >= 11 is 0. The van der Waals surface area contributed by atoms with E-state index in [9.17, 15) is 18.0 Å². The van der Waals surface area contributed by atoms with Gasteiger partial charge in [0.2, 0.25) is 11.8 Å². The van der Waals surface area contributed by atoms with E-state index in [1.165, 1.54) is 4.31 Å². The molecule has 0 aromatic heterocycles. The Morgan fingerprint density at radius 1 is 1.03 bits per heavy atom. The summed E-state index contributed by atoms with van der Waals surface area (Å²) in [6, 6.07) is 17.6. The van der Waals surface area contributed by atoms with E-state index in [2.05, 4.69) is 5.32 Å². The molecule has 1 N–H and O–H groups in total. The second-order valence-corrected chi connectivity index (χ2v) is 12.1. The van der Waals surface area contributed by atoms with Crippen LogP contribution in [0.1, 0.15) is 45.6 Å². The van der Waals surface area contributed by atoms with E-state index in [-0.39, 0.29) is 37.2 Å². The van der Waals surface area contributed by atoms with Crippen LogP contribution in [0.15, 0.2) is 65.6 Å². The SMILES string of the molecule is CC[C@@H](C(=O)NCC(C)C)N(Cc1ccc(OC)cc1)C(=O)CCCN1c2cccc3cccc(c23)S1(=O)=O. The Labute approximate surface area is 231 Å². The first-order valence-electron chi connectivity index (χ1n) is 13.4. The number of amides is 2. The van der Waals surface area contributed by atoms with Crippen molar-refractivity contribution in [1.82, 2.24) is 10.2 Å². The van der Waals surface area contributed by atoms with E-state index in [4.69, 9.17) is 4.74 Å². The molecule has 208 valence electrons. The first kappa shape index (κ1) is 28.4. The topological polar surface area (TPSA) is 96.0 Å². The predicted octanol–water partition coefficient (Wildman–Crippen LogP) is 4.72. The number of nitrogens with zero attached hydrogens (tertiary/aromatic N) is 2. The van der Waals surface area contributed by atoms with Gasteiger partial charge in [-0.3, -0.25) is 13.9 Å². The number of hydrogen-bond donors (Lipinski definition) is 1. The Morgan fingerprint density at radius 2 is 1.72 bits per heavy atom. The van der Waals surface area contributed by atoms with Crippen molar-refractivity contribution >= 4 is 38.3 Å². The number of rotatable bonds is 12. The second-order valence-electron chi connectivity index (χ2n) is 10.2. The highest BCUT2D eigenvalue weighted by atomic mass is 32.2. The molecule has 4 rings (SSSR count). The molecule has 1 aliphatic rings. The van der Waals surface area contributed by atoms with Gasteiger partial charge in [0.25, 0.3) is 10.0 Å². The number of sulfonamides is 1. The zero-order valence-electron chi connectivity index (χ0n) is 23.0. The Morgan fingerprint density at radius 3 is 2.36 bits per heavy atom. The van der Waals surface area contributed by atoms with E-state index in [1.807, 2.05) is 63.2 Å². The van der Waals surface area contributed by atoms with Gasteiger partial charge in [-0.05, 0) is 54.0 Å². The van der Waals surface area contributed by atoms with Gasteiger partial charge in [0.1, 0.15) is 11.8 Å². The maximum Gasteiger partial charge on any atom is 0.265 e. The molecule has 8 nitrogen and oxygen atoms in total. The standard InChI is InChI=1S/C30H37N3O5S/c1-5-25(30(35)31-19-21(2)3)32(20-22-14-16-24(38-4)17-15-22)28(34)13-8-18-33-26-11-6-9-23-10-7-12-27(29(23)26)39(33,36)37/h6-7,9-12,14-17,21,25H,5,8,13,18-20H2,1-4H3,(H,31,35)/t25-/m0/s1. The predicted molar refractivity (Wildman–Crippen MR) is 153 cm³/mol. The number of ether oxygens (including phenoxy) is 1.